The Morgan fingerprint density at radius 1 is 1.14 bits per heavy atom. The first-order valence-corrected chi connectivity index (χ1v) is 12.1. The number of rotatable bonds is 7. The predicted molar refractivity (Wildman–Crippen MR) is 115 cm³/mol. The zero-order valence-electron chi connectivity index (χ0n) is 18.1. The maximum absolute atomic E-state index is 12.8. The monoisotopic (exact) mass is 415 g/mol. The van der Waals surface area contributed by atoms with Crippen molar-refractivity contribution in [3.05, 3.63) is 17.1 Å². The number of hydrogen-bond acceptors (Lipinski definition) is 5. The van der Waals surface area contributed by atoms with Gasteiger partial charge in [0.05, 0.1) is 17.0 Å². The molecule has 0 spiro atoms. The highest BCUT2D eigenvalue weighted by Crippen LogP contribution is 2.61. The quantitative estimate of drug-likeness (QED) is 0.407. The van der Waals surface area contributed by atoms with Crippen LogP contribution in [0.1, 0.15) is 81.2 Å². The number of aromatic nitrogens is 2. The van der Waals surface area contributed by atoms with Gasteiger partial charge in [0.15, 0.2) is 5.78 Å². The van der Waals surface area contributed by atoms with Crippen LogP contribution in [0, 0.1) is 30.1 Å². The lowest BCUT2D eigenvalue weighted by molar-refractivity contribution is -0.123. The smallest absolute Gasteiger partial charge is 0.230 e. The lowest BCUT2D eigenvalue weighted by atomic mass is 9.48. The summed E-state index contributed by atoms with van der Waals surface area (Å²) in [6, 6.07) is 0.217. The number of hydrogen-bond donors (Lipinski definition) is 1. The zero-order chi connectivity index (χ0) is 20.8. The van der Waals surface area contributed by atoms with E-state index < -0.39 is 0 Å². The summed E-state index contributed by atoms with van der Waals surface area (Å²) < 4.78 is 0. The molecule has 1 atom stereocenters. The molecule has 4 aliphatic rings. The fraction of sp³-hybridized carbons (Fsp3) is 0.739. The molecule has 0 aliphatic heterocycles. The van der Waals surface area contributed by atoms with Crippen LogP contribution in [0.25, 0.3) is 0 Å². The van der Waals surface area contributed by atoms with E-state index in [1.54, 1.807) is 0 Å². The van der Waals surface area contributed by atoms with Crippen molar-refractivity contribution in [1.29, 1.82) is 0 Å². The first kappa shape index (κ1) is 20.8. The van der Waals surface area contributed by atoms with E-state index >= 15 is 0 Å². The molecule has 5 nitrogen and oxygen atoms in total. The summed E-state index contributed by atoms with van der Waals surface area (Å²) in [6.07, 6.45) is 8.80. The Labute approximate surface area is 178 Å². The summed E-state index contributed by atoms with van der Waals surface area (Å²) in [4.78, 5) is 33.8. The van der Waals surface area contributed by atoms with Crippen molar-refractivity contribution in [3.8, 4) is 0 Å². The Morgan fingerprint density at radius 3 is 2.24 bits per heavy atom. The molecule has 1 amide bonds. The fourth-order valence-electron chi connectivity index (χ4n) is 6.55. The Bertz CT molecular complexity index is 787. The first-order chi connectivity index (χ1) is 13.8. The van der Waals surface area contributed by atoms with E-state index in [-0.39, 0.29) is 23.5 Å². The molecule has 0 radical (unpaired) electrons. The van der Waals surface area contributed by atoms with Gasteiger partial charge in [-0.3, -0.25) is 9.59 Å². The van der Waals surface area contributed by atoms with Crippen LogP contribution in [0.3, 0.4) is 0 Å². The van der Waals surface area contributed by atoms with Gasteiger partial charge in [0.1, 0.15) is 10.9 Å². The molecule has 29 heavy (non-hydrogen) atoms. The molecule has 0 saturated heterocycles. The molecule has 1 heterocycles. The van der Waals surface area contributed by atoms with Gasteiger partial charge >= 0.3 is 0 Å². The number of thioether (sulfide) groups is 1. The van der Waals surface area contributed by atoms with Crippen molar-refractivity contribution < 1.29 is 9.59 Å². The number of amides is 1. The minimum absolute atomic E-state index is 0.0436. The molecule has 158 valence electrons. The average Bonchev–Trinajstić information content (AvgIpc) is 2.64. The number of carbonyl (C=O) groups excluding carboxylic acids is 2. The number of Topliss-reactive ketones (excluding diaryl/α,β-unsaturated/α-hetero) is 1. The zero-order valence-corrected chi connectivity index (χ0v) is 18.9. The second-order valence-corrected chi connectivity index (χ2v) is 10.6. The predicted octanol–water partition coefficient (Wildman–Crippen LogP) is 4.36. The van der Waals surface area contributed by atoms with Crippen LogP contribution in [0.4, 0.5) is 0 Å². The lowest BCUT2D eigenvalue weighted by Crippen LogP contribution is -2.56. The van der Waals surface area contributed by atoms with Gasteiger partial charge < -0.3 is 5.32 Å². The third kappa shape index (κ3) is 4.10. The normalized spacial score (nSPS) is 31.0. The molecule has 1 N–H and O–H groups in total. The van der Waals surface area contributed by atoms with E-state index in [0.29, 0.717) is 28.1 Å². The Hall–Kier alpha value is -1.43. The summed E-state index contributed by atoms with van der Waals surface area (Å²) >= 11 is 1.36. The van der Waals surface area contributed by atoms with Crippen LogP contribution in [0.15, 0.2) is 5.03 Å². The highest BCUT2D eigenvalue weighted by atomic mass is 32.2. The van der Waals surface area contributed by atoms with Gasteiger partial charge in [-0.05, 0) is 82.5 Å². The maximum atomic E-state index is 12.8. The molecule has 0 aromatic carbocycles. The highest BCUT2D eigenvalue weighted by molar-refractivity contribution is 8.00. The van der Waals surface area contributed by atoms with Crippen LogP contribution < -0.4 is 5.32 Å². The molecule has 1 aromatic heterocycles. The molecular weight excluding hydrogens is 382 g/mol. The number of aryl methyl sites for hydroxylation is 2. The van der Waals surface area contributed by atoms with Gasteiger partial charge in [-0.25, -0.2) is 9.97 Å². The van der Waals surface area contributed by atoms with Crippen molar-refractivity contribution in [1.82, 2.24) is 15.3 Å². The van der Waals surface area contributed by atoms with Gasteiger partial charge in [0, 0.05) is 12.5 Å². The Kier molecular flexibility index (Phi) is 5.75. The SMILES string of the molecule is CCc1nc(C)c(C(C)=O)c(SCC(=O)N[C@H](C)C23CC4CC(CC(C4)C2)C3)n1. The topological polar surface area (TPSA) is 72.0 Å². The van der Waals surface area contributed by atoms with E-state index in [1.165, 1.54) is 57.2 Å². The number of nitrogens with zero attached hydrogens (tertiary/aromatic N) is 2. The van der Waals surface area contributed by atoms with Crippen molar-refractivity contribution in [2.45, 2.75) is 83.7 Å². The molecule has 4 saturated carbocycles. The van der Waals surface area contributed by atoms with E-state index in [2.05, 4.69) is 22.2 Å². The molecule has 4 fully saturated rings. The maximum Gasteiger partial charge on any atom is 0.230 e. The molecule has 5 rings (SSSR count). The summed E-state index contributed by atoms with van der Waals surface area (Å²) in [5, 5.41) is 3.95. The summed E-state index contributed by atoms with van der Waals surface area (Å²) in [6.45, 7) is 7.59. The average molecular weight is 416 g/mol. The third-order valence-electron chi connectivity index (χ3n) is 7.49. The number of ketones is 1. The third-order valence-corrected chi connectivity index (χ3v) is 8.47. The van der Waals surface area contributed by atoms with Crippen molar-refractivity contribution >= 4 is 23.5 Å². The van der Waals surface area contributed by atoms with Crippen molar-refractivity contribution in [2.24, 2.45) is 23.2 Å². The van der Waals surface area contributed by atoms with E-state index in [4.69, 9.17) is 0 Å². The Balaban J connectivity index is 1.41. The summed E-state index contributed by atoms with van der Waals surface area (Å²) in [5.41, 5.74) is 1.56. The van der Waals surface area contributed by atoms with Gasteiger partial charge in [-0.2, -0.15) is 0 Å². The van der Waals surface area contributed by atoms with Gasteiger partial charge in [0.25, 0.3) is 0 Å². The van der Waals surface area contributed by atoms with Crippen LogP contribution in [-0.4, -0.2) is 33.5 Å². The van der Waals surface area contributed by atoms with E-state index in [0.717, 1.165) is 23.6 Å². The molecule has 4 aliphatic carbocycles. The minimum Gasteiger partial charge on any atom is -0.352 e. The van der Waals surface area contributed by atoms with Crippen LogP contribution in [0.5, 0.6) is 0 Å². The number of nitrogens with one attached hydrogen (secondary N) is 1. The van der Waals surface area contributed by atoms with Crippen molar-refractivity contribution in [2.75, 3.05) is 5.75 Å². The van der Waals surface area contributed by atoms with Crippen molar-refractivity contribution in [3.63, 3.8) is 0 Å². The van der Waals surface area contributed by atoms with Gasteiger partial charge in [0.2, 0.25) is 5.91 Å². The van der Waals surface area contributed by atoms with E-state index in [1.807, 2.05) is 13.8 Å². The summed E-state index contributed by atoms with van der Waals surface area (Å²) in [7, 11) is 0. The van der Waals surface area contributed by atoms with E-state index in [9.17, 15) is 9.59 Å². The second kappa shape index (κ2) is 8.01. The molecule has 0 unspecified atom stereocenters. The Morgan fingerprint density at radius 2 is 1.72 bits per heavy atom. The van der Waals surface area contributed by atoms with Crippen LogP contribution >= 0.6 is 11.8 Å². The minimum atomic E-state index is -0.0463. The van der Waals surface area contributed by atoms with Gasteiger partial charge in [-0.15, -0.1) is 0 Å². The number of carbonyl (C=O) groups is 2. The van der Waals surface area contributed by atoms with Crippen LogP contribution in [0.2, 0.25) is 0 Å². The fourth-order valence-corrected chi connectivity index (χ4v) is 7.51. The molecule has 4 bridgehead atoms. The largest absolute Gasteiger partial charge is 0.352 e. The lowest BCUT2D eigenvalue weighted by Gasteiger charge is -2.59. The highest BCUT2D eigenvalue weighted by Gasteiger charge is 2.53. The van der Waals surface area contributed by atoms with Gasteiger partial charge in [-0.1, -0.05) is 18.7 Å². The molecular formula is C23H33N3O2S. The standard InChI is InChI=1S/C23H33N3O2S/c1-5-19-24-13(2)21(14(3)27)22(26-19)29-12-20(28)25-15(4)23-9-16-6-17(10-23)8-18(7-16)11-23/h15-18H,5-12H2,1-4H3,(H,25,28)/t15-,16?,17?,18?,23?/m1/s1. The summed E-state index contributed by atoms with van der Waals surface area (Å²) in [5.74, 6) is 3.64. The van der Waals surface area contributed by atoms with Crippen LogP contribution in [-0.2, 0) is 11.2 Å². The second-order valence-electron chi connectivity index (χ2n) is 9.67. The first-order valence-electron chi connectivity index (χ1n) is 11.1. The molecule has 6 heteroatoms. The molecule has 1 aromatic rings.